The average Bonchev–Trinajstić information content (AvgIpc) is 2.86. The van der Waals surface area contributed by atoms with Crippen LogP contribution in [0.25, 0.3) is 0 Å². The van der Waals surface area contributed by atoms with E-state index >= 15 is 0 Å². The van der Waals surface area contributed by atoms with Gasteiger partial charge in [0.05, 0.1) is 12.7 Å². The van der Waals surface area contributed by atoms with Gasteiger partial charge in [-0.2, -0.15) is 0 Å². The summed E-state index contributed by atoms with van der Waals surface area (Å²) in [7, 11) is 1.33. The maximum Gasteiger partial charge on any atom is 0.303 e. The zero-order valence-corrected chi connectivity index (χ0v) is 24.1. The van der Waals surface area contributed by atoms with Gasteiger partial charge in [0, 0.05) is 41.7 Å². The van der Waals surface area contributed by atoms with Gasteiger partial charge in [-0.3, -0.25) is 24.0 Å². The molecule has 15 heteroatoms. The molecule has 0 radical (unpaired) electrons. The Morgan fingerprint density at radius 1 is 0.683 bits per heavy atom. The van der Waals surface area contributed by atoms with Crippen molar-refractivity contribution in [3.8, 4) is 0 Å². The van der Waals surface area contributed by atoms with Gasteiger partial charge < -0.3 is 47.4 Å². The third-order valence-corrected chi connectivity index (χ3v) is 5.92. The van der Waals surface area contributed by atoms with Gasteiger partial charge >= 0.3 is 29.8 Å². The van der Waals surface area contributed by atoms with Gasteiger partial charge in [-0.1, -0.05) is 6.08 Å². The molecule has 0 amide bonds. The summed E-state index contributed by atoms with van der Waals surface area (Å²) in [5.41, 5.74) is 0. The lowest BCUT2D eigenvalue weighted by Crippen LogP contribution is -2.66. The summed E-state index contributed by atoms with van der Waals surface area (Å²) < 4.78 is 56.4. The van der Waals surface area contributed by atoms with Crippen molar-refractivity contribution in [2.24, 2.45) is 0 Å². The molecular formula is C26H38O15. The molecule has 0 aliphatic carbocycles. The van der Waals surface area contributed by atoms with E-state index in [4.69, 9.17) is 47.4 Å². The predicted molar refractivity (Wildman–Crippen MR) is 134 cm³/mol. The molecule has 0 bridgehead atoms. The average molecular weight is 591 g/mol. The Balaban J connectivity index is 2.54. The maximum absolute atomic E-state index is 12.2. The smallest absolute Gasteiger partial charge is 0.303 e. The normalized spacial score (nSPS) is 33.1. The van der Waals surface area contributed by atoms with Gasteiger partial charge in [0.15, 0.2) is 43.1 Å². The number of carbonyl (C=O) groups excluding carboxylic acids is 5. The second-order valence-electron chi connectivity index (χ2n) is 9.27. The van der Waals surface area contributed by atoms with Crippen LogP contribution in [0.5, 0.6) is 0 Å². The second kappa shape index (κ2) is 15.8. The Bertz CT molecular complexity index is 951. The Morgan fingerprint density at radius 2 is 1.20 bits per heavy atom. The third-order valence-electron chi connectivity index (χ3n) is 5.92. The fraction of sp³-hybridized carbons (Fsp3) is 0.731. The molecule has 0 aromatic carbocycles. The first kappa shape index (κ1) is 34.1. The lowest BCUT2D eigenvalue weighted by molar-refractivity contribution is -0.366. The summed E-state index contributed by atoms with van der Waals surface area (Å²) in [6.45, 7) is 10.6. The van der Waals surface area contributed by atoms with E-state index < -0.39 is 91.3 Å². The topological polar surface area (TPSA) is 178 Å². The van der Waals surface area contributed by atoms with E-state index in [1.807, 2.05) is 0 Å². The van der Waals surface area contributed by atoms with Crippen molar-refractivity contribution < 1.29 is 71.3 Å². The number of hydrogen-bond donors (Lipinski definition) is 0. The summed E-state index contributed by atoms with van der Waals surface area (Å²) in [5, 5.41) is 0. The largest absolute Gasteiger partial charge is 0.463 e. The van der Waals surface area contributed by atoms with Gasteiger partial charge in [-0.05, 0) is 6.92 Å². The monoisotopic (exact) mass is 590 g/mol. The molecule has 2 aliphatic rings. The summed E-state index contributed by atoms with van der Waals surface area (Å²) in [6, 6.07) is 0. The van der Waals surface area contributed by atoms with Crippen LogP contribution in [-0.4, -0.2) is 112 Å². The molecule has 41 heavy (non-hydrogen) atoms. The molecule has 0 aromatic rings. The highest BCUT2D eigenvalue weighted by molar-refractivity contribution is 5.68. The van der Waals surface area contributed by atoms with Crippen LogP contribution < -0.4 is 0 Å². The molecule has 2 heterocycles. The van der Waals surface area contributed by atoms with Crippen molar-refractivity contribution in [3.63, 3.8) is 0 Å². The Kier molecular flexibility index (Phi) is 13.1. The summed E-state index contributed by atoms with van der Waals surface area (Å²) in [6.07, 6.45) is -10.7. The Labute approximate surface area is 237 Å². The highest BCUT2D eigenvalue weighted by atomic mass is 16.8. The van der Waals surface area contributed by atoms with Gasteiger partial charge in [-0.25, -0.2) is 0 Å². The minimum absolute atomic E-state index is 0.0326. The van der Waals surface area contributed by atoms with Crippen LogP contribution in [-0.2, 0) is 71.3 Å². The molecule has 2 aliphatic heterocycles. The first-order valence-corrected chi connectivity index (χ1v) is 12.8. The number of esters is 5. The van der Waals surface area contributed by atoms with E-state index in [2.05, 4.69) is 6.58 Å². The van der Waals surface area contributed by atoms with Crippen LogP contribution in [0.3, 0.4) is 0 Å². The van der Waals surface area contributed by atoms with Crippen LogP contribution in [0, 0.1) is 0 Å². The number of rotatable bonds is 12. The zero-order valence-electron chi connectivity index (χ0n) is 24.1. The summed E-state index contributed by atoms with van der Waals surface area (Å²) in [5.74, 6) is -3.52. The molecule has 0 N–H and O–H groups in total. The van der Waals surface area contributed by atoms with Gasteiger partial charge in [0.25, 0.3) is 0 Å². The van der Waals surface area contributed by atoms with E-state index in [9.17, 15) is 24.0 Å². The second-order valence-corrected chi connectivity index (χ2v) is 9.27. The molecule has 0 aromatic heterocycles. The van der Waals surface area contributed by atoms with E-state index in [0.717, 1.165) is 20.8 Å². The van der Waals surface area contributed by atoms with Crippen molar-refractivity contribution in [1.29, 1.82) is 0 Å². The predicted octanol–water partition coefficient (Wildman–Crippen LogP) is 0.349. The maximum atomic E-state index is 12.2. The molecule has 0 saturated carbocycles. The summed E-state index contributed by atoms with van der Waals surface area (Å²) >= 11 is 0. The lowest BCUT2D eigenvalue weighted by Gasteiger charge is -2.48. The third kappa shape index (κ3) is 9.74. The Morgan fingerprint density at radius 3 is 1.68 bits per heavy atom. The number of carbonyl (C=O) groups is 5. The van der Waals surface area contributed by atoms with E-state index in [-0.39, 0.29) is 13.2 Å². The van der Waals surface area contributed by atoms with Crippen molar-refractivity contribution in [2.45, 2.75) is 103 Å². The number of methoxy groups -OCH3 is 1. The van der Waals surface area contributed by atoms with E-state index in [0.29, 0.717) is 0 Å². The van der Waals surface area contributed by atoms with E-state index in [1.54, 1.807) is 0 Å². The molecule has 232 valence electrons. The molecular weight excluding hydrogens is 552 g/mol. The molecule has 2 fully saturated rings. The van der Waals surface area contributed by atoms with Crippen LogP contribution in [0.15, 0.2) is 12.7 Å². The highest BCUT2D eigenvalue weighted by Gasteiger charge is 2.56. The van der Waals surface area contributed by atoms with Crippen molar-refractivity contribution in [3.05, 3.63) is 12.7 Å². The number of ether oxygens (including phenoxy) is 10. The van der Waals surface area contributed by atoms with Crippen molar-refractivity contribution in [1.82, 2.24) is 0 Å². The molecule has 10 atom stereocenters. The Hall–Kier alpha value is -3.11. The molecule has 0 unspecified atom stereocenters. The standard InChI is InChI=1S/C26H38O15/c1-9-10-33-25-23(22(38-16(6)30)20(32-8)18(40-25)11-34-13(3)27)41-26-24(39-17(7)31)21(37-15(5)29)19(12(2)35-26)36-14(4)28/h9,12,18-26H,1,10-11H2,2-8H3/t12-,18+,19+,20-,21+,22-,23+,24-,25+,26-/m0/s1. The molecule has 2 rings (SSSR count). The highest BCUT2D eigenvalue weighted by Crippen LogP contribution is 2.35. The first-order valence-electron chi connectivity index (χ1n) is 12.8. The van der Waals surface area contributed by atoms with Gasteiger partial charge in [0.2, 0.25) is 0 Å². The zero-order chi connectivity index (χ0) is 30.9. The van der Waals surface area contributed by atoms with E-state index in [1.165, 1.54) is 34.0 Å². The first-order chi connectivity index (χ1) is 19.3. The van der Waals surface area contributed by atoms with Crippen LogP contribution in [0.1, 0.15) is 41.5 Å². The molecule has 2 saturated heterocycles. The lowest BCUT2D eigenvalue weighted by atomic mass is 9.96. The fourth-order valence-corrected chi connectivity index (χ4v) is 4.50. The van der Waals surface area contributed by atoms with Gasteiger partial charge in [-0.15, -0.1) is 6.58 Å². The quantitative estimate of drug-likeness (QED) is 0.173. The van der Waals surface area contributed by atoms with Gasteiger partial charge in [0.1, 0.15) is 18.8 Å². The molecule has 0 spiro atoms. The van der Waals surface area contributed by atoms with Crippen LogP contribution >= 0.6 is 0 Å². The minimum Gasteiger partial charge on any atom is -0.463 e. The van der Waals surface area contributed by atoms with Crippen LogP contribution in [0.4, 0.5) is 0 Å². The van der Waals surface area contributed by atoms with Crippen molar-refractivity contribution >= 4 is 29.8 Å². The van der Waals surface area contributed by atoms with Crippen LogP contribution in [0.2, 0.25) is 0 Å². The molecule has 15 nitrogen and oxygen atoms in total. The number of hydrogen-bond acceptors (Lipinski definition) is 15. The minimum atomic E-state index is -1.48. The van der Waals surface area contributed by atoms with Crippen molar-refractivity contribution in [2.75, 3.05) is 20.3 Å². The fourth-order valence-electron chi connectivity index (χ4n) is 4.50. The SMILES string of the molecule is C=CCO[C@@H]1O[C@H](COC(C)=O)[C@H](OC)[C@H](OC(C)=O)[C@H]1O[C@@H]1O[C@@H](C)[C@@H](OC(C)=O)[C@@H](OC(C)=O)[C@@H]1OC(C)=O. The summed E-state index contributed by atoms with van der Waals surface area (Å²) in [4.78, 5) is 59.6.